The second-order valence-corrected chi connectivity index (χ2v) is 13.3. The van der Waals surface area contributed by atoms with E-state index in [1.165, 1.54) is 29.8 Å². The highest BCUT2D eigenvalue weighted by Gasteiger charge is 2.30. The number of nitrogens with zero attached hydrogens (tertiary/aromatic N) is 2. The van der Waals surface area contributed by atoms with Crippen molar-refractivity contribution >= 4 is 50.7 Å². The number of phenols is 1. The third-order valence-electron chi connectivity index (χ3n) is 6.52. The Labute approximate surface area is 258 Å². The molecule has 2 N–H and O–H groups in total. The van der Waals surface area contributed by atoms with Crippen molar-refractivity contribution in [3.05, 3.63) is 128 Å². The Hall–Kier alpha value is -3.15. The van der Waals surface area contributed by atoms with Crippen LogP contribution >= 0.6 is 35.0 Å². The lowest BCUT2D eigenvalue weighted by atomic mass is 10.1. The minimum Gasteiger partial charge on any atom is -0.505 e. The molecule has 42 heavy (non-hydrogen) atoms. The Morgan fingerprint density at radius 2 is 1.55 bits per heavy atom. The average Bonchev–Trinajstić information content (AvgIpc) is 2.96. The van der Waals surface area contributed by atoms with Crippen LogP contribution in [0.25, 0.3) is 0 Å². The topological polar surface area (TPSA) is 97.9 Å². The minimum absolute atomic E-state index is 0.00393. The van der Waals surface area contributed by atoms with Crippen LogP contribution in [0.15, 0.2) is 89.8 Å². The highest BCUT2D eigenvalue weighted by Crippen LogP contribution is 2.36. The molecule has 220 valence electrons. The molecule has 0 saturated carbocycles. The number of sulfonamides is 1. The molecule has 12 heteroatoms. The fourth-order valence-corrected chi connectivity index (χ4v) is 7.46. The number of rotatable bonds is 13. The molecule has 0 spiro atoms. The average molecular weight is 651 g/mol. The summed E-state index contributed by atoms with van der Waals surface area (Å²) in [6, 6.07) is 22.8. The van der Waals surface area contributed by atoms with Gasteiger partial charge in [-0.2, -0.15) is 16.1 Å². The van der Waals surface area contributed by atoms with Crippen LogP contribution in [0.4, 0.5) is 10.1 Å². The highest BCUT2D eigenvalue weighted by atomic mass is 35.5. The molecule has 4 aromatic rings. The number of aromatic hydroxyl groups is 1. The standard InChI is InChI=1S/C30H27Cl2FN2O5S2/c31-25-17-27(32)30(36)29(18-25)42(39,40)34(14-12-22-7-10-26(33)11-8-22)19-23-6-9-24(28(16-23)35(37)38)20-41-15-13-21-4-2-1-3-5-21/h1-11,16-18H,12-15,19-20H2,(H-,36,37,38)/p+1. The van der Waals surface area contributed by atoms with Crippen molar-refractivity contribution in [1.29, 1.82) is 0 Å². The molecular formula is C30H28Cl2FN2O5S2+. The largest absolute Gasteiger partial charge is 0.505 e. The molecule has 0 amide bonds. The monoisotopic (exact) mass is 649 g/mol. The summed E-state index contributed by atoms with van der Waals surface area (Å²) in [7, 11) is -4.36. The molecule has 0 radical (unpaired) electrons. The Morgan fingerprint density at radius 1 is 0.881 bits per heavy atom. The van der Waals surface area contributed by atoms with E-state index in [4.69, 9.17) is 23.2 Å². The molecule has 4 aromatic carbocycles. The molecule has 0 aliphatic rings. The molecule has 4 rings (SSSR count). The first-order valence-corrected chi connectivity index (χ1v) is 16.2. The van der Waals surface area contributed by atoms with Gasteiger partial charge in [-0.3, -0.25) is 0 Å². The van der Waals surface area contributed by atoms with Crippen molar-refractivity contribution < 1.29 is 28.0 Å². The van der Waals surface area contributed by atoms with Crippen molar-refractivity contribution in [3.8, 4) is 5.75 Å². The first-order chi connectivity index (χ1) is 20.0. The van der Waals surface area contributed by atoms with Crippen LogP contribution in [-0.2, 0) is 35.2 Å². The van der Waals surface area contributed by atoms with Crippen LogP contribution in [-0.4, -0.2) is 40.3 Å². The van der Waals surface area contributed by atoms with E-state index in [2.05, 4.69) is 0 Å². The van der Waals surface area contributed by atoms with Gasteiger partial charge in [-0.05, 0) is 59.6 Å². The maximum absolute atomic E-state index is 13.8. The second kappa shape index (κ2) is 14.3. The van der Waals surface area contributed by atoms with E-state index in [0.29, 0.717) is 22.4 Å². The van der Waals surface area contributed by atoms with Gasteiger partial charge in [0.1, 0.15) is 10.7 Å². The summed E-state index contributed by atoms with van der Waals surface area (Å²) >= 11 is 13.7. The van der Waals surface area contributed by atoms with Gasteiger partial charge in [-0.1, -0.05) is 77.8 Å². The zero-order chi connectivity index (χ0) is 30.3. The molecule has 0 aromatic heterocycles. The van der Waals surface area contributed by atoms with Gasteiger partial charge in [-0.15, -0.1) is 0 Å². The van der Waals surface area contributed by atoms with E-state index in [0.717, 1.165) is 22.5 Å². The van der Waals surface area contributed by atoms with E-state index in [-0.39, 0.29) is 40.2 Å². The Balaban J connectivity index is 1.58. The molecular weight excluding hydrogens is 622 g/mol. The van der Waals surface area contributed by atoms with E-state index in [9.17, 15) is 28.0 Å². The van der Waals surface area contributed by atoms with Gasteiger partial charge in [-0.25, -0.2) is 18.0 Å². The fourth-order valence-electron chi connectivity index (χ4n) is 4.30. The third-order valence-corrected chi connectivity index (χ3v) is 9.90. The predicted molar refractivity (Wildman–Crippen MR) is 164 cm³/mol. The molecule has 7 nitrogen and oxygen atoms in total. The van der Waals surface area contributed by atoms with E-state index < -0.39 is 26.5 Å². The number of phenolic OH excluding ortho intramolecular Hbond substituents is 1. The van der Waals surface area contributed by atoms with E-state index in [1.807, 2.05) is 30.3 Å². The molecule has 0 saturated heterocycles. The number of hydrogen-bond donors (Lipinski definition) is 2. The molecule has 0 atom stereocenters. The van der Waals surface area contributed by atoms with Crippen LogP contribution in [0.5, 0.6) is 5.75 Å². The maximum atomic E-state index is 13.8. The Kier molecular flexibility index (Phi) is 10.9. The van der Waals surface area contributed by atoms with Crippen LogP contribution in [0.2, 0.25) is 10.0 Å². The zero-order valence-electron chi connectivity index (χ0n) is 22.3. The molecule has 0 aliphatic heterocycles. The van der Waals surface area contributed by atoms with Crippen molar-refractivity contribution in [1.82, 2.24) is 4.31 Å². The minimum atomic E-state index is -4.36. The number of aryl methyl sites for hydroxylation is 1. The fraction of sp³-hybridized carbons (Fsp3) is 0.200. The summed E-state index contributed by atoms with van der Waals surface area (Å²) in [4.78, 5) is 11.4. The number of thioether (sulfide) groups is 1. The van der Waals surface area contributed by atoms with Crippen molar-refractivity contribution in [2.45, 2.75) is 30.0 Å². The predicted octanol–water partition coefficient (Wildman–Crippen LogP) is 7.55. The lowest BCUT2D eigenvalue weighted by molar-refractivity contribution is -0.730. The van der Waals surface area contributed by atoms with Crippen molar-refractivity contribution in [2.24, 2.45) is 0 Å². The molecule has 0 heterocycles. The lowest BCUT2D eigenvalue weighted by Gasteiger charge is -2.23. The van der Waals surface area contributed by atoms with E-state index >= 15 is 0 Å². The first-order valence-electron chi connectivity index (χ1n) is 12.9. The summed E-state index contributed by atoms with van der Waals surface area (Å²) in [5.41, 5.74) is 2.91. The van der Waals surface area contributed by atoms with Gasteiger partial charge >= 0.3 is 5.69 Å². The van der Waals surface area contributed by atoms with Crippen molar-refractivity contribution in [2.75, 3.05) is 12.3 Å². The van der Waals surface area contributed by atoms with Gasteiger partial charge in [0.25, 0.3) is 4.92 Å². The quantitative estimate of drug-likeness (QED) is 0.115. The zero-order valence-corrected chi connectivity index (χ0v) is 25.4. The van der Waals surface area contributed by atoms with Crippen LogP contribution < -0.4 is 0 Å². The first kappa shape index (κ1) is 31.8. The van der Waals surface area contributed by atoms with Crippen LogP contribution in [0.1, 0.15) is 22.3 Å². The Bertz CT molecular complexity index is 1660. The second-order valence-electron chi connectivity index (χ2n) is 9.47. The smallest absolute Gasteiger partial charge is 0.320 e. The summed E-state index contributed by atoms with van der Waals surface area (Å²) in [5, 5.41) is 20.1. The van der Waals surface area contributed by atoms with Gasteiger partial charge in [0.15, 0.2) is 5.75 Å². The van der Waals surface area contributed by atoms with Gasteiger partial charge in [0.2, 0.25) is 10.0 Å². The summed E-state index contributed by atoms with van der Waals surface area (Å²) < 4.78 is 42.1. The van der Waals surface area contributed by atoms with E-state index in [1.54, 1.807) is 36.0 Å². The van der Waals surface area contributed by atoms with Gasteiger partial charge in [0, 0.05) is 35.5 Å². The number of hydrogen-bond acceptors (Lipinski definition) is 5. The highest BCUT2D eigenvalue weighted by molar-refractivity contribution is 7.98. The normalized spacial score (nSPS) is 11.6. The Morgan fingerprint density at radius 3 is 2.24 bits per heavy atom. The molecule has 0 aliphatic carbocycles. The molecule has 0 fully saturated rings. The lowest BCUT2D eigenvalue weighted by Crippen LogP contribution is -2.32. The summed E-state index contributed by atoms with van der Waals surface area (Å²) in [6.45, 7) is -0.250. The summed E-state index contributed by atoms with van der Waals surface area (Å²) in [5.74, 6) is 0.205. The number of halogens is 3. The third kappa shape index (κ3) is 8.23. The van der Waals surface area contributed by atoms with Crippen LogP contribution in [0, 0.1) is 10.7 Å². The molecule has 0 bridgehead atoms. The van der Waals surface area contributed by atoms with Crippen molar-refractivity contribution in [3.63, 3.8) is 0 Å². The molecule has 0 unspecified atom stereocenters. The van der Waals surface area contributed by atoms with Gasteiger partial charge < -0.3 is 5.11 Å². The number of benzene rings is 4. The van der Waals surface area contributed by atoms with Gasteiger partial charge in [0.05, 0.1) is 9.93 Å². The SMILES string of the molecule is O=[N+](O)c1cc(CN(CCc2ccc(F)cc2)S(=O)(=O)c2cc(Cl)cc(Cl)c2O)ccc1CSCCc1ccccc1. The maximum Gasteiger partial charge on any atom is 0.320 e. The summed E-state index contributed by atoms with van der Waals surface area (Å²) in [6.07, 6.45) is 1.08. The van der Waals surface area contributed by atoms with Crippen LogP contribution in [0.3, 0.4) is 0 Å².